The molecular formula is C12H9N3O2. The van der Waals surface area contributed by atoms with Crippen LogP contribution in [0, 0.1) is 11.8 Å². The number of primary amides is 1. The number of nitrogens with two attached hydrogens (primary N) is 1. The summed E-state index contributed by atoms with van der Waals surface area (Å²) in [6.45, 7) is -0.244. The van der Waals surface area contributed by atoms with E-state index in [4.69, 9.17) is 10.8 Å². The zero-order valence-electron chi connectivity index (χ0n) is 8.84. The van der Waals surface area contributed by atoms with E-state index >= 15 is 0 Å². The van der Waals surface area contributed by atoms with Gasteiger partial charge in [-0.3, -0.25) is 9.78 Å². The van der Waals surface area contributed by atoms with Gasteiger partial charge in [-0.15, -0.1) is 0 Å². The van der Waals surface area contributed by atoms with Crippen LogP contribution in [-0.4, -0.2) is 27.6 Å². The molecule has 0 bridgehead atoms. The topological polar surface area (TPSA) is 89.1 Å². The maximum Gasteiger partial charge on any atom is 0.267 e. The maximum atomic E-state index is 11.0. The first-order chi connectivity index (χ1) is 8.22. The van der Waals surface area contributed by atoms with Gasteiger partial charge in [-0.25, -0.2) is 4.98 Å². The summed E-state index contributed by atoms with van der Waals surface area (Å²) < 4.78 is 0. The molecule has 0 fully saturated rings. The molecule has 3 N–H and O–H groups in total. The molecule has 5 nitrogen and oxygen atoms in total. The minimum atomic E-state index is -0.593. The quantitative estimate of drug-likeness (QED) is 0.675. The van der Waals surface area contributed by atoms with Gasteiger partial charge in [-0.2, -0.15) is 0 Å². The summed E-state index contributed by atoms with van der Waals surface area (Å²) in [7, 11) is 0. The summed E-state index contributed by atoms with van der Waals surface area (Å²) in [6, 6.07) is 3.25. The third kappa shape index (κ3) is 2.22. The molecule has 0 aliphatic rings. The van der Waals surface area contributed by atoms with Crippen LogP contribution in [0.1, 0.15) is 16.1 Å². The second-order valence-corrected chi connectivity index (χ2v) is 3.28. The molecule has 5 heteroatoms. The number of aliphatic hydroxyl groups is 1. The average Bonchev–Trinajstić information content (AvgIpc) is 2.35. The molecule has 0 aliphatic heterocycles. The van der Waals surface area contributed by atoms with E-state index in [1.54, 1.807) is 12.3 Å². The van der Waals surface area contributed by atoms with Gasteiger partial charge in [-0.05, 0) is 12.1 Å². The molecule has 0 saturated heterocycles. The van der Waals surface area contributed by atoms with E-state index in [1.807, 2.05) is 0 Å². The van der Waals surface area contributed by atoms with E-state index in [2.05, 4.69) is 21.8 Å². The van der Waals surface area contributed by atoms with Gasteiger partial charge in [0.25, 0.3) is 5.91 Å². The third-order valence-corrected chi connectivity index (χ3v) is 2.15. The highest BCUT2D eigenvalue weighted by molar-refractivity contribution is 5.94. The van der Waals surface area contributed by atoms with Crippen LogP contribution in [0.4, 0.5) is 0 Å². The van der Waals surface area contributed by atoms with Gasteiger partial charge in [0, 0.05) is 17.8 Å². The Morgan fingerprint density at radius 1 is 1.41 bits per heavy atom. The number of hydrogen-bond acceptors (Lipinski definition) is 4. The highest BCUT2D eigenvalue weighted by atomic mass is 16.2. The second-order valence-electron chi connectivity index (χ2n) is 3.28. The third-order valence-electron chi connectivity index (χ3n) is 2.15. The Morgan fingerprint density at radius 2 is 2.24 bits per heavy atom. The molecule has 0 spiro atoms. The predicted octanol–water partition coefficient (Wildman–Crippen LogP) is 0.0725. The number of nitrogens with zero attached hydrogens (tertiary/aromatic N) is 2. The van der Waals surface area contributed by atoms with Crippen LogP contribution in [0.2, 0.25) is 0 Å². The van der Waals surface area contributed by atoms with Crippen molar-refractivity contribution >= 4 is 16.8 Å². The lowest BCUT2D eigenvalue weighted by atomic mass is 10.1. The van der Waals surface area contributed by atoms with Gasteiger partial charge in [0.15, 0.2) is 0 Å². The minimum absolute atomic E-state index is 0.177. The summed E-state index contributed by atoms with van der Waals surface area (Å²) in [4.78, 5) is 19.2. The number of amides is 1. The van der Waals surface area contributed by atoms with Crippen LogP contribution in [0.3, 0.4) is 0 Å². The molecule has 84 valence electrons. The highest BCUT2D eigenvalue weighted by Gasteiger charge is 2.06. The van der Waals surface area contributed by atoms with E-state index in [0.29, 0.717) is 11.1 Å². The molecule has 0 atom stereocenters. The molecular weight excluding hydrogens is 218 g/mol. The van der Waals surface area contributed by atoms with Gasteiger partial charge < -0.3 is 10.8 Å². The van der Waals surface area contributed by atoms with Crippen LogP contribution in [-0.2, 0) is 0 Å². The van der Waals surface area contributed by atoms with Gasteiger partial charge in [0.2, 0.25) is 0 Å². The number of fused-ring (bicyclic) bond motifs is 1. The van der Waals surface area contributed by atoms with Crippen molar-refractivity contribution in [1.82, 2.24) is 9.97 Å². The standard InChI is InChI=1S/C12H9N3O2/c13-12(17)10-4-3-9-7-14-6-8(2-1-5-16)11(9)15-10/h3-4,6-7,16H,5H2,(H2,13,17). The number of pyridine rings is 2. The molecule has 2 heterocycles. The van der Waals surface area contributed by atoms with E-state index in [9.17, 15) is 4.79 Å². The Hall–Kier alpha value is -2.45. The van der Waals surface area contributed by atoms with Gasteiger partial charge in [-0.1, -0.05) is 11.8 Å². The number of carbonyl (C=O) groups excluding carboxylic acids is 1. The first kappa shape index (κ1) is 11.0. The van der Waals surface area contributed by atoms with Crippen LogP contribution in [0.5, 0.6) is 0 Å². The zero-order valence-corrected chi connectivity index (χ0v) is 8.84. The summed E-state index contributed by atoms with van der Waals surface area (Å²) in [5.41, 5.74) is 6.45. The fourth-order valence-electron chi connectivity index (χ4n) is 1.41. The Kier molecular flexibility index (Phi) is 2.99. The molecule has 0 radical (unpaired) electrons. The summed E-state index contributed by atoms with van der Waals surface area (Å²) in [5, 5.41) is 9.42. The van der Waals surface area contributed by atoms with Crippen molar-refractivity contribution < 1.29 is 9.90 Å². The minimum Gasteiger partial charge on any atom is -0.384 e. The van der Waals surface area contributed by atoms with Crippen molar-refractivity contribution in [1.29, 1.82) is 0 Å². The number of hydrogen-bond donors (Lipinski definition) is 2. The number of carbonyl (C=O) groups is 1. The average molecular weight is 227 g/mol. The Morgan fingerprint density at radius 3 is 2.94 bits per heavy atom. The summed E-state index contributed by atoms with van der Waals surface area (Å²) >= 11 is 0. The molecule has 17 heavy (non-hydrogen) atoms. The van der Waals surface area contributed by atoms with Crippen molar-refractivity contribution in [3.63, 3.8) is 0 Å². The normalized spacial score (nSPS) is 9.71. The van der Waals surface area contributed by atoms with Crippen molar-refractivity contribution in [2.75, 3.05) is 6.61 Å². The molecule has 0 aromatic carbocycles. The molecule has 2 aromatic rings. The Bertz CT molecular complexity index is 641. The lowest BCUT2D eigenvalue weighted by Gasteiger charge is -2.01. The summed E-state index contributed by atoms with van der Waals surface area (Å²) in [5.74, 6) is 4.65. The lowest BCUT2D eigenvalue weighted by molar-refractivity contribution is 0.0996. The van der Waals surface area contributed by atoms with Crippen molar-refractivity contribution in [3.8, 4) is 11.8 Å². The fraction of sp³-hybridized carbons (Fsp3) is 0.0833. The van der Waals surface area contributed by atoms with Crippen LogP contribution in [0.15, 0.2) is 24.5 Å². The molecule has 1 amide bonds. The zero-order chi connectivity index (χ0) is 12.3. The van der Waals surface area contributed by atoms with Crippen molar-refractivity contribution in [3.05, 3.63) is 35.8 Å². The predicted molar refractivity (Wildman–Crippen MR) is 62.0 cm³/mol. The molecule has 2 rings (SSSR count). The number of aliphatic hydroxyl groups excluding tert-OH is 1. The van der Waals surface area contributed by atoms with Crippen LogP contribution in [0.25, 0.3) is 10.9 Å². The molecule has 0 unspecified atom stereocenters. The SMILES string of the molecule is NC(=O)c1ccc2cncc(C#CCO)c2n1. The van der Waals surface area contributed by atoms with Gasteiger partial charge in [0.05, 0.1) is 11.1 Å². The summed E-state index contributed by atoms with van der Waals surface area (Å²) in [6.07, 6.45) is 3.15. The Balaban J connectivity index is 2.67. The first-order valence-electron chi connectivity index (χ1n) is 4.86. The van der Waals surface area contributed by atoms with Crippen molar-refractivity contribution in [2.24, 2.45) is 5.73 Å². The smallest absolute Gasteiger partial charge is 0.267 e. The molecule has 0 aliphatic carbocycles. The lowest BCUT2D eigenvalue weighted by Crippen LogP contribution is -2.12. The fourth-order valence-corrected chi connectivity index (χ4v) is 1.41. The maximum absolute atomic E-state index is 11.0. The second kappa shape index (κ2) is 4.60. The van der Waals surface area contributed by atoms with Gasteiger partial charge in [0.1, 0.15) is 12.3 Å². The van der Waals surface area contributed by atoms with Gasteiger partial charge >= 0.3 is 0 Å². The highest BCUT2D eigenvalue weighted by Crippen LogP contribution is 2.14. The number of rotatable bonds is 1. The van der Waals surface area contributed by atoms with E-state index in [-0.39, 0.29) is 12.3 Å². The van der Waals surface area contributed by atoms with E-state index in [1.165, 1.54) is 12.3 Å². The van der Waals surface area contributed by atoms with Crippen LogP contribution < -0.4 is 5.73 Å². The Labute approximate surface area is 97.3 Å². The first-order valence-corrected chi connectivity index (χ1v) is 4.86. The largest absolute Gasteiger partial charge is 0.384 e. The van der Waals surface area contributed by atoms with E-state index < -0.39 is 5.91 Å². The van der Waals surface area contributed by atoms with E-state index in [0.717, 1.165) is 5.39 Å². The monoisotopic (exact) mass is 227 g/mol. The molecule has 2 aromatic heterocycles. The van der Waals surface area contributed by atoms with Crippen LogP contribution >= 0.6 is 0 Å². The number of aromatic nitrogens is 2. The molecule has 0 saturated carbocycles. The van der Waals surface area contributed by atoms with Crippen molar-refractivity contribution in [2.45, 2.75) is 0 Å².